The Kier molecular flexibility index (Phi) is 5.61. The zero-order valence-electron chi connectivity index (χ0n) is 15.7. The molecule has 0 spiro atoms. The second-order valence-corrected chi connectivity index (χ2v) is 6.90. The second kappa shape index (κ2) is 7.90. The number of hydrogen-bond donors (Lipinski definition) is 0. The molecular weight excluding hydrogens is 334 g/mol. The van der Waals surface area contributed by atoms with Crippen LogP contribution in [0.5, 0.6) is 0 Å². The van der Waals surface area contributed by atoms with Gasteiger partial charge in [0.2, 0.25) is 17.7 Å². The molecule has 26 heavy (non-hydrogen) atoms. The van der Waals surface area contributed by atoms with Crippen LogP contribution in [0.2, 0.25) is 0 Å². The highest BCUT2D eigenvalue weighted by Gasteiger charge is 2.27. The predicted octanol–water partition coefficient (Wildman–Crippen LogP) is 2.13. The van der Waals surface area contributed by atoms with Crippen LogP contribution in [0, 0.1) is 13.8 Å². The summed E-state index contributed by atoms with van der Waals surface area (Å²) in [6, 6.07) is 1.92. The van der Waals surface area contributed by atoms with Crippen molar-refractivity contribution in [3.05, 3.63) is 35.1 Å². The maximum Gasteiger partial charge on any atom is 0.223 e. The summed E-state index contributed by atoms with van der Waals surface area (Å²) in [6.45, 7) is 9.35. The summed E-state index contributed by atoms with van der Waals surface area (Å²) in [5, 5.41) is 8.00. The lowest BCUT2D eigenvalue weighted by atomic mass is 10.2. The molecule has 1 aliphatic rings. The molecule has 0 bridgehead atoms. The first kappa shape index (κ1) is 18.4. The van der Waals surface area contributed by atoms with E-state index in [1.54, 1.807) is 4.90 Å². The summed E-state index contributed by atoms with van der Waals surface area (Å²) in [5.41, 5.74) is 1.80. The third-order valence-corrected chi connectivity index (χ3v) is 4.24. The number of morpholine rings is 1. The lowest BCUT2D eigenvalue weighted by Crippen LogP contribution is -2.42. The van der Waals surface area contributed by atoms with Gasteiger partial charge >= 0.3 is 0 Å². The highest BCUT2D eigenvalue weighted by atomic mass is 16.5. The lowest BCUT2D eigenvalue weighted by molar-refractivity contribution is -0.139. The molecule has 8 heteroatoms. The second-order valence-electron chi connectivity index (χ2n) is 6.90. The number of nitrogens with zero attached hydrogens (tertiary/aromatic N) is 5. The van der Waals surface area contributed by atoms with Crippen LogP contribution in [-0.2, 0) is 16.0 Å². The molecule has 2 aromatic rings. The van der Waals surface area contributed by atoms with Crippen LogP contribution in [0.4, 0.5) is 0 Å². The molecule has 1 atom stereocenters. The Morgan fingerprint density at radius 2 is 2.00 bits per heavy atom. The van der Waals surface area contributed by atoms with Crippen molar-refractivity contribution in [2.45, 2.75) is 52.6 Å². The smallest absolute Gasteiger partial charge is 0.223 e. The Morgan fingerprint density at radius 3 is 2.65 bits per heavy atom. The first-order valence-corrected chi connectivity index (χ1v) is 8.96. The zero-order chi connectivity index (χ0) is 18.7. The van der Waals surface area contributed by atoms with E-state index < -0.39 is 0 Å². The van der Waals surface area contributed by atoms with Gasteiger partial charge in [-0.25, -0.2) is 9.97 Å². The largest absolute Gasteiger partial charge is 0.425 e. The fraction of sp³-hybridized carbons (Fsp3) is 0.611. The van der Waals surface area contributed by atoms with Crippen molar-refractivity contribution in [3.8, 4) is 0 Å². The number of carbonyl (C=O) groups is 1. The summed E-state index contributed by atoms with van der Waals surface area (Å²) in [5.74, 6) is 1.98. The Labute approximate surface area is 153 Å². The maximum atomic E-state index is 12.6. The topological polar surface area (TPSA) is 94.2 Å². The number of hydrogen-bond acceptors (Lipinski definition) is 7. The van der Waals surface area contributed by atoms with Gasteiger partial charge in [0.1, 0.15) is 6.10 Å². The standard InChI is InChI=1S/C18H25N5O3/c1-11(2)18-22-21-15(26-18)5-6-16(24)23-7-8-25-14(10-23)17-19-12(3)9-13(4)20-17/h9,11,14H,5-8,10H2,1-4H3. The van der Waals surface area contributed by atoms with Crippen LogP contribution in [0.25, 0.3) is 0 Å². The minimum Gasteiger partial charge on any atom is -0.425 e. The quantitative estimate of drug-likeness (QED) is 0.807. The summed E-state index contributed by atoms with van der Waals surface area (Å²) < 4.78 is 11.3. The SMILES string of the molecule is Cc1cc(C)nc(C2CN(C(=O)CCc3nnc(C(C)C)o3)CCO2)n1. The molecule has 0 N–H and O–H groups in total. The summed E-state index contributed by atoms with van der Waals surface area (Å²) >= 11 is 0. The van der Waals surface area contributed by atoms with E-state index in [1.165, 1.54) is 0 Å². The number of amides is 1. The highest BCUT2D eigenvalue weighted by molar-refractivity contribution is 5.76. The Balaban J connectivity index is 1.58. The average Bonchev–Trinajstić information content (AvgIpc) is 3.08. The van der Waals surface area contributed by atoms with Crippen LogP contribution in [0.3, 0.4) is 0 Å². The van der Waals surface area contributed by atoms with Gasteiger partial charge in [0.05, 0.1) is 13.2 Å². The van der Waals surface area contributed by atoms with Gasteiger partial charge in [0.25, 0.3) is 0 Å². The molecule has 3 heterocycles. The molecule has 1 fully saturated rings. The van der Waals surface area contributed by atoms with Crippen molar-refractivity contribution in [1.29, 1.82) is 0 Å². The fourth-order valence-corrected chi connectivity index (χ4v) is 2.90. The molecule has 0 saturated carbocycles. The van der Waals surface area contributed by atoms with Gasteiger partial charge in [-0.05, 0) is 19.9 Å². The van der Waals surface area contributed by atoms with Crippen molar-refractivity contribution >= 4 is 5.91 Å². The van der Waals surface area contributed by atoms with Gasteiger partial charge in [0, 0.05) is 36.7 Å². The predicted molar refractivity (Wildman–Crippen MR) is 93.5 cm³/mol. The number of carbonyl (C=O) groups excluding carboxylic acids is 1. The number of ether oxygens (including phenoxy) is 1. The summed E-state index contributed by atoms with van der Waals surface area (Å²) in [7, 11) is 0. The highest BCUT2D eigenvalue weighted by Crippen LogP contribution is 2.21. The van der Waals surface area contributed by atoms with Crippen molar-refractivity contribution in [2.75, 3.05) is 19.7 Å². The summed E-state index contributed by atoms with van der Waals surface area (Å²) in [4.78, 5) is 23.3. The van der Waals surface area contributed by atoms with Gasteiger partial charge in [0.15, 0.2) is 5.82 Å². The molecule has 0 aliphatic carbocycles. The third kappa shape index (κ3) is 4.43. The van der Waals surface area contributed by atoms with E-state index in [4.69, 9.17) is 9.15 Å². The Bertz CT molecular complexity index is 754. The average molecular weight is 359 g/mol. The molecule has 1 aliphatic heterocycles. The van der Waals surface area contributed by atoms with E-state index in [0.717, 1.165) is 11.4 Å². The van der Waals surface area contributed by atoms with Crippen molar-refractivity contribution < 1.29 is 13.9 Å². The monoisotopic (exact) mass is 359 g/mol. The molecular formula is C18H25N5O3. The van der Waals surface area contributed by atoms with E-state index in [9.17, 15) is 4.79 Å². The molecule has 1 saturated heterocycles. The van der Waals surface area contributed by atoms with E-state index >= 15 is 0 Å². The molecule has 0 radical (unpaired) electrons. The van der Waals surface area contributed by atoms with Gasteiger partial charge < -0.3 is 14.1 Å². The Hall–Kier alpha value is -2.35. The third-order valence-electron chi connectivity index (χ3n) is 4.24. The summed E-state index contributed by atoms with van der Waals surface area (Å²) in [6.07, 6.45) is 0.489. The lowest BCUT2D eigenvalue weighted by Gasteiger charge is -2.32. The van der Waals surface area contributed by atoms with Crippen molar-refractivity contribution in [3.63, 3.8) is 0 Å². The van der Waals surface area contributed by atoms with Crippen molar-refractivity contribution in [2.24, 2.45) is 0 Å². The van der Waals surface area contributed by atoms with Crippen LogP contribution in [-0.4, -0.2) is 50.7 Å². The van der Waals surface area contributed by atoms with Gasteiger partial charge in [-0.3, -0.25) is 4.79 Å². The Morgan fingerprint density at radius 1 is 1.27 bits per heavy atom. The van der Waals surface area contributed by atoms with Gasteiger partial charge in [-0.15, -0.1) is 10.2 Å². The number of aromatic nitrogens is 4. The minimum atomic E-state index is -0.290. The first-order valence-electron chi connectivity index (χ1n) is 8.96. The van der Waals surface area contributed by atoms with Gasteiger partial charge in [-0.1, -0.05) is 13.8 Å². The zero-order valence-corrected chi connectivity index (χ0v) is 15.7. The molecule has 1 amide bonds. The van der Waals surface area contributed by atoms with E-state index in [-0.39, 0.29) is 17.9 Å². The van der Waals surface area contributed by atoms with Crippen molar-refractivity contribution in [1.82, 2.24) is 25.1 Å². The normalized spacial score (nSPS) is 17.7. The van der Waals surface area contributed by atoms with Crippen LogP contribution >= 0.6 is 0 Å². The molecule has 1 unspecified atom stereocenters. The van der Waals surface area contributed by atoms with E-state index in [1.807, 2.05) is 33.8 Å². The van der Waals surface area contributed by atoms with Gasteiger partial charge in [-0.2, -0.15) is 0 Å². The fourth-order valence-electron chi connectivity index (χ4n) is 2.90. The number of aryl methyl sites for hydroxylation is 3. The minimum absolute atomic E-state index is 0.0481. The molecule has 0 aromatic carbocycles. The van der Waals surface area contributed by atoms with E-state index in [0.29, 0.717) is 50.1 Å². The van der Waals surface area contributed by atoms with Crippen LogP contribution in [0.15, 0.2) is 10.5 Å². The van der Waals surface area contributed by atoms with Crippen LogP contribution < -0.4 is 0 Å². The first-order chi connectivity index (χ1) is 12.4. The molecule has 2 aromatic heterocycles. The maximum absolute atomic E-state index is 12.6. The van der Waals surface area contributed by atoms with Crippen LogP contribution in [0.1, 0.15) is 61.3 Å². The molecule has 140 valence electrons. The van der Waals surface area contributed by atoms with E-state index in [2.05, 4.69) is 20.2 Å². The molecule has 3 rings (SSSR count). The molecule has 8 nitrogen and oxygen atoms in total. The number of rotatable bonds is 5.